The Morgan fingerprint density at radius 2 is 2.18 bits per heavy atom. The number of aromatic nitrogens is 1. The Kier molecular flexibility index (Phi) is 2.33. The molecule has 0 unspecified atom stereocenters. The number of anilines is 1. The maximum atomic E-state index is 5.84. The molecule has 0 spiro atoms. The Morgan fingerprint density at radius 1 is 1.41 bits per heavy atom. The molecule has 0 bridgehead atoms. The maximum Gasteiger partial charge on any atom is 0.169 e. The Balaban J connectivity index is 2.13. The van der Waals surface area contributed by atoms with Gasteiger partial charge in [-0.15, -0.1) is 0 Å². The summed E-state index contributed by atoms with van der Waals surface area (Å²) in [6, 6.07) is 6.40. The van der Waals surface area contributed by atoms with Crippen LogP contribution in [-0.4, -0.2) is 24.3 Å². The topological polar surface area (TPSA) is 55.3 Å². The van der Waals surface area contributed by atoms with Crippen molar-refractivity contribution in [3.8, 4) is 0 Å². The molecule has 1 aromatic carbocycles. The van der Waals surface area contributed by atoms with Crippen molar-refractivity contribution in [2.24, 2.45) is 5.73 Å². The summed E-state index contributed by atoms with van der Waals surface area (Å²) in [5.41, 5.74) is 8.95. The fourth-order valence-electron chi connectivity index (χ4n) is 2.36. The van der Waals surface area contributed by atoms with Crippen molar-refractivity contribution in [1.29, 1.82) is 0 Å². The molecule has 4 nitrogen and oxygen atoms in total. The highest BCUT2D eigenvalue weighted by atomic mass is 16.5. The average Bonchev–Trinajstić information content (AvgIpc) is 2.68. The van der Waals surface area contributed by atoms with E-state index in [0.717, 1.165) is 29.8 Å². The zero-order valence-electron chi connectivity index (χ0n) is 10.2. The third-order valence-electron chi connectivity index (χ3n) is 3.30. The molecule has 0 aliphatic carbocycles. The van der Waals surface area contributed by atoms with Crippen LogP contribution < -0.4 is 10.6 Å². The molecule has 90 valence electrons. The summed E-state index contributed by atoms with van der Waals surface area (Å²) in [6.07, 6.45) is 0. The first-order valence-electron chi connectivity index (χ1n) is 6.05. The zero-order valence-corrected chi connectivity index (χ0v) is 10.2. The molecular weight excluding hydrogens is 214 g/mol. The first-order chi connectivity index (χ1) is 8.16. The van der Waals surface area contributed by atoms with Crippen LogP contribution in [0.15, 0.2) is 22.7 Å². The third kappa shape index (κ3) is 1.60. The van der Waals surface area contributed by atoms with Gasteiger partial charge in [-0.2, -0.15) is 0 Å². The van der Waals surface area contributed by atoms with E-state index in [-0.39, 0.29) is 0 Å². The van der Waals surface area contributed by atoms with E-state index < -0.39 is 0 Å². The van der Waals surface area contributed by atoms with Crippen LogP contribution in [0.25, 0.3) is 11.0 Å². The van der Waals surface area contributed by atoms with E-state index in [1.54, 1.807) is 0 Å². The summed E-state index contributed by atoms with van der Waals surface area (Å²) in [6.45, 7) is 6.11. The van der Waals surface area contributed by atoms with Crippen LogP contribution >= 0.6 is 0 Å². The predicted octanol–water partition coefficient (Wildman–Crippen LogP) is 2.10. The van der Waals surface area contributed by atoms with Gasteiger partial charge >= 0.3 is 0 Å². The molecule has 1 aliphatic rings. The van der Waals surface area contributed by atoms with Crippen molar-refractivity contribution in [2.75, 3.05) is 18.0 Å². The molecule has 3 rings (SSSR count). The number of nitrogens with two attached hydrogens (primary N) is 1. The standard InChI is InChI=1S/C13H17N3O/c1-8(2)13-12-10(16-6-9(14)7-16)4-3-5-11(12)17-15-13/h3-5,8-9H,6-7,14H2,1-2H3. The molecule has 1 fully saturated rings. The minimum Gasteiger partial charge on any atom is -0.368 e. The Bertz CT molecular complexity index is 541. The largest absolute Gasteiger partial charge is 0.368 e. The fourth-order valence-corrected chi connectivity index (χ4v) is 2.36. The molecule has 2 N–H and O–H groups in total. The van der Waals surface area contributed by atoms with Crippen molar-refractivity contribution >= 4 is 16.7 Å². The van der Waals surface area contributed by atoms with Gasteiger partial charge in [0.2, 0.25) is 0 Å². The normalized spacial score (nSPS) is 16.8. The number of nitrogens with zero attached hydrogens (tertiary/aromatic N) is 2. The third-order valence-corrected chi connectivity index (χ3v) is 3.30. The van der Waals surface area contributed by atoms with E-state index in [9.17, 15) is 0 Å². The highest BCUT2D eigenvalue weighted by Gasteiger charge is 2.27. The summed E-state index contributed by atoms with van der Waals surface area (Å²) in [5, 5.41) is 5.33. The highest BCUT2D eigenvalue weighted by molar-refractivity contribution is 5.93. The van der Waals surface area contributed by atoms with E-state index in [1.165, 1.54) is 5.69 Å². The van der Waals surface area contributed by atoms with Gasteiger partial charge < -0.3 is 15.2 Å². The van der Waals surface area contributed by atoms with Gasteiger partial charge in [0.05, 0.1) is 11.1 Å². The lowest BCUT2D eigenvalue weighted by molar-refractivity contribution is 0.441. The van der Waals surface area contributed by atoms with E-state index in [0.29, 0.717) is 12.0 Å². The molecule has 1 saturated heterocycles. The van der Waals surface area contributed by atoms with Crippen LogP contribution in [0.5, 0.6) is 0 Å². The van der Waals surface area contributed by atoms with Crippen LogP contribution in [0, 0.1) is 0 Å². The number of fused-ring (bicyclic) bond motifs is 1. The zero-order chi connectivity index (χ0) is 12.0. The van der Waals surface area contributed by atoms with Gasteiger partial charge in [0.25, 0.3) is 0 Å². The number of hydrogen-bond donors (Lipinski definition) is 1. The summed E-state index contributed by atoms with van der Waals surface area (Å²) >= 11 is 0. The van der Waals surface area contributed by atoms with Gasteiger partial charge in [-0.25, -0.2) is 0 Å². The highest BCUT2D eigenvalue weighted by Crippen LogP contribution is 2.34. The molecule has 17 heavy (non-hydrogen) atoms. The summed E-state index contributed by atoms with van der Waals surface area (Å²) < 4.78 is 5.39. The second-order valence-electron chi connectivity index (χ2n) is 5.04. The first-order valence-corrected chi connectivity index (χ1v) is 6.05. The molecule has 0 saturated carbocycles. The van der Waals surface area contributed by atoms with Crippen molar-refractivity contribution in [3.05, 3.63) is 23.9 Å². The van der Waals surface area contributed by atoms with Crippen LogP contribution in [0.4, 0.5) is 5.69 Å². The van der Waals surface area contributed by atoms with Gasteiger partial charge in [-0.3, -0.25) is 0 Å². The van der Waals surface area contributed by atoms with E-state index in [2.05, 4.69) is 30.0 Å². The molecular formula is C13H17N3O. The van der Waals surface area contributed by atoms with Gasteiger partial charge in [0, 0.05) is 24.8 Å². The van der Waals surface area contributed by atoms with Crippen molar-refractivity contribution in [3.63, 3.8) is 0 Å². The molecule has 1 aliphatic heterocycles. The fraction of sp³-hybridized carbons (Fsp3) is 0.462. The van der Waals surface area contributed by atoms with Crippen LogP contribution in [0.2, 0.25) is 0 Å². The molecule has 0 amide bonds. The van der Waals surface area contributed by atoms with Crippen LogP contribution in [0.3, 0.4) is 0 Å². The second kappa shape index (κ2) is 3.74. The van der Waals surface area contributed by atoms with Crippen molar-refractivity contribution in [1.82, 2.24) is 5.16 Å². The predicted molar refractivity (Wildman–Crippen MR) is 68.3 cm³/mol. The quantitative estimate of drug-likeness (QED) is 0.860. The molecule has 2 heterocycles. The van der Waals surface area contributed by atoms with Gasteiger partial charge in [0.15, 0.2) is 5.58 Å². The molecule has 2 aromatic rings. The lowest BCUT2D eigenvalue weighted by Crippen LogP contribution is -2.55. The van der Waals surface area contributed by atoms with E-state index in [1.807, 2.05) is 12.1 Å². The first kappa shape index (κ1) is 10.6. The number of hydrogen-bond acceptors (Lipinski definition) is 4. The van der Waals surface area contributed by atoms with E-state index in [4.69, 9.17) is 10.3 Å². The molecule has 1 aromatic heterocycles. The Morgan fingerprint density at radius 3 is 2.82 bits per heavy atom. The SMILES string of the molecule is CC(C)c1noc2cccc(N3CC(N)C3)c12. The minimum atomic E-state index is 0.299. The Labute approximate surface area is 100 Å². The van der Waals surface area contributed by atoms with Crippen LogP contribution in [-0.2, 0) is 0 Å². The van der Waals surface area contributed by atoms with Crippen molar-refractivity contribution in [2.45, 2.75) is 25.8 Å². The second-order valence-corrected chi connectivity index (χ2v) is 5.04. The van der Waals surface area contributed by atoms with E-state index >= 15 is 0 Å². The summed E-state index contributed by atoms with van der Waals surface area (Å²) in [5.74, 6) is 0.368. The van der Waals surface area contributed by atoms with Gasteiger partial charge in [0.1, 0.15) is 0 Å². The maximum absolute atomic E-state index is 5.84. The molecule has 4 heteroatoms. The average molecular weight is 231 g/mol. The minimum absolute atomic E-state index is 0.299. The molecule has 0 atom stereocenters. The monoisotopic (exact) mass is 231 g/mol. The smallest absolute Gasteiger partial charge is 0.169 e. The Hall–Kier alpha value is -1.55. The number of benzene rings is 1. The lowest BCUT2D eigenvalue weighted by atomic mass is 10.0. The summed E-state index contributed by atoms with van der Waals surface area (Å²) in [4.78, 5) is 2.29. The van der Waals surface area contributed by atoms with Crippen LogP contribution in [0.1, 0.15) is 25.5 Å². The lowest BCUT2D eigenvalue weighted by Gasteiger charge is -2.39. The number of rotatable bonds is 2. The summed E-state index contributed by atoms with van der Waals surface area (Å²) in [7, 11) is 0. The molecule has 0 radical (unpaired) electrons. The van der Waals surface area contributed by atoms with Gasteiger partial charge in [-0.1, -0.05) is 25.1 Å². The van der Waals surface area contributed by atoms with Gasteiger partial charge in [-0.05, 0) is 18.1 Å². The van der Waals surface area contributed by atoms with Crippen molar-refractivity contribution < 1.29 is 4.52 Å².